The SMILES string of the molecule is Nc1nc(NC2CCC(=O)NC2=O)nc(-n2cncn2)n1. The molecule has 1 aliphatic rings. The fourth-order valence-electron chi connectivity index (χ4n) is 1.85. The average molecular weight is 289 g/mol. The quantitative estimate of drug-likeness (QED) is 0.558. The Kier molecular flexibility index (Phi) is 3.14. The molecule has 0 radical (unpaired) electrons. The van der Waals surface area contributed by atoms with Gasteiger partial charge in [-0.25, -0.2) is 4.98 Å². The zero-order valence-electron chi connectivity index (χ0n) is 10.7. The molecule has 1 saturated heterocycles. The molecule has 21 heavy (non-hydrogen) atoms. The monoisotopic (exact) mass is 289 g/mol. The van der Waals surface area contributed by atoms with Crippen LogP contribution < -0.4 is 16.4 Å². The Balaban J connectivity index is 1.82. The smallest absolute Gasteiger partial charge is 0.258 e. The van der Waals surface area contributed by atoms with E-state index in [2.05, 4.69) is 35.7 Å². The zero-order chi connectivity index (χ0) is 14.8. The van der Waals surface area contributed by atoms with E-state index < -0.39 is 11.9 Å². The van der Waals surface area contributed by atoms with Crippen LogP contribution in [0, 0.1) is 0 Å². The molecule has 3 heterocycles. The van der Waals surface area contributed by atoms with Crippen molar-refractivity contribution in [3.63, 3.8) is 0 Å². The minimum atomic E-state index is -0.604. The Labute approximate surface area is 118 Å². The van der Waals surface area contributed by atoms with Crippen molar-refractivity contribution in [1.29, 1.82) is 0 Å². The lowest BCUT2D eigenvalue weighted by molar-refractivity contribution is -0.133. The first-order valence-corrected chi connectivity index (χ1v) is 6.08. The largest absolute Gasteiger partial charge is 0.368 e. The summed E-state index contributed by atoms with van der Waals surface area (Å²) in [6.45, 7) is 0. The zero-order valence-corrected chi connectivity index (χ0v) is 10.7. The van der Waals surface area contributed by atoms with Crippen LogP contribution in [0.15, 0.2) is 12.7 Å². The van der Waals surface area contributed by atoms with E-state index in [0.29, 0.717) is 6.42 Å². The molecule has 11 heteroatoms. The van der Waals surface area contributed by atoms with Gasteiger partial charge in [-0.15, -0.1) is 0 Å². The topological polar surface area (TPSA) is 154 Å². The number of amides is 2. The average Bonchev–Trinajstić information content (AvgIpc) is 2.95. The second-order valence-electron chi connectivity index (χ2n) is 4.31. The van der Waals surface area contributed by atoms with Crippen molar-refractivity contribution in [3.05, 3.63) is 12.7 Å². The maximum absolute atomic E-state index is 11.7. The molecule has 0 aliphatic carbocycles. The van der Waals surface area contributed by atoms with Crippen molar-refractivity contribution in [1.82, 2.24) is 35.0 Å². The number of piperidine rings is 1. The number of carbonyl (C=O) groups is 2. The van der Waals surface area contributed by atoms with Crippen LogP contribution in [0.4, 0.5) is 11.9 Å². The Bertz CT molecular complexity index is 684. The van der Waals surface area contributed by atoms with Crippen LogP contribution in [0.2, 0.25) is 0 Å². The maximum atomic E-state index is 11.7. The van der Waals surface area contributed by atoms with Gasteiger partial charge in [-0.3, -0.25) is 14.9 Å². The van der Waals surface area contributed by atoms with Crippen molar-refractivity contribution in [2.24, 2.45) is 0 Å². The van der Waals surface area contributed by atoms with E-state index in [1.807, 2.05) is 0 Å². The summed E-state index contributed by atoms with van der Waals surface area (Å²) in [5.74, 6) is -0.438. The highest BCUT2D eigenvalue weighted by Crippen LogP contribution is 2.12. The summed E-state index contributed by atoms with van der Waals surface area (Å²) in [6, 6.07) is -0.604. The molecule has 1 aliphatic heterocycles. The van der Waals surface area contributed by atoms with Crippen LogP contribution in [0.3, 0.4) is 0 Å². The van der Waals surface area contributed by atoms with Crippen molar-refractivity contribution in [2.75, 3.05) is 11.1 Å². The lowest BCUT2D eigenvalue weighted by Gasteiger charge is -2.21. The van der Waals surface area contributed by atoms with Gasteiger partial charge in [0, 0.05) is 6.42 Å². The van der Waals surface area contributed by atoms with Crippen LogP contribution >= 0.6 is 0 Å². The number of rotatable bonds is 3. The molecule has 4 N–H and O–H groups in total. The first-order chi connectivity index (χ1) is 10.1. The number of nitrogens with zero attached hydrogens (tertiary/aromatic N) is 6. The number of nitrogens with two attached hydrogens (primary N) is 1. The van der Waals surface area contributed by atoms with Gasteiger partial charge in [0.1, 0.15) is 18.7 Å². The van der Waals surface area contributed by atoms with Crippen LogP contribution in [0.25, 0.3) is 5.95 Å². The van der Waals surface area contributed by atoms with Crippen molar-refractivity contribution in [2.45, 2.75) is 18.9 Å². The molecule has 2 amide bonds. The highest BCUT2D eigenvalue weighted by molar-refractivity contribution is 6.01. The normalized spacial score (nSPS) is 18.4. The summed E-state index contributed by atoms with van der Waals surface area (Å²) in [5.41, 5.74) is 5.61. The summed E-state index contributed by atoms with van der Waals surface area (Å²) in [5, 5.41) is 8.95. The van der Waals surface area contributed by atoms with Crippen LogP contribution in [-0.4, -0.2) is 47.6 Å². The predicted molar refractivity (Wildman–Crippen MR) is 69.0 cm³/mol. The number of hydrogen-bond donors (Lipinski definition) is 3. The van der Waals surface area contributed by atoms with Gasteiger partial charge in [-0.05, 0) is 6.42 Å². The minimum Gasteiger partial charge on any atom is -0.368 e. The molecule has 1 atom stereocenters. The lowest BCUT2D eigenvalue weighted by atomic mass is 10.1. The van der Waals surface area contributed by atoms with Gasteiger partial charge in [0.05, 0.1) is 0 Å². The molecular formula is C10H11N9O2. The Morgan fingerprint density at radius 2 is 2.19 bits per heavy atom. The number of nitrogens with one attached hydrogen (secondary N) is 2. The van der Waals surface area contributed by atoms with Gasteiger partial charge in [0.2, 0.25) is 23.7 Å². The molecule has 0 spiro atoms. The Hall–Kier alpha value is -3.11. The second-order valence-corrected chi connectivity index (χ2v) is 4.31. The molecule has 3 rings (SSSR count). The van der Waals surface area contributed by atoms with E-state index in [1.54, 1.807) is 0 Å². The van der Waals surface area contributed by atoms with Crippen LogP contribution in [0.5, 0.6) is 0 Å². The number of aromatic nitrogens is 6. The molecule has 1 unspecified atom stereocenters. The fourth-order valence-corrected chi connectivity index (χ4v) is 1.85. The Morgan fingerprint density at radius 1 is 1.33 bits per heavy atom. The highest BCUT2D eigenvalue weighted by Gasteiger charge is 2.27. The predicted octanol–water partition coefficient (Wildman–Crippen LogP) is -1.75. The molecular weight excluding hydrogens is 278 g/mol. The molecule has 2 aromatic rings. The standard InChI is InChI=1S/C10H11N9O2/c11-8-16-9(14-5-1-2-6(20)15-7(5)21)18-10(17-8)19-4-12-3-13-19/h3-5H,1-2H2,(H,15,20,21)(H3,11,14,16,17,18). The Morgan fingerprint density at radius 3 is 2.90 bits per heavy atom. The van der Waals surface area contributed by atoms with Crippen LogP contribution in [-0.2, 0) is 9.59 Å². The summed E-state index contributed by atoms with van der Waals surface area (Å²) in [7, 11) is 0. The third-order valence-corrected chi connectivity index (χ3v) is 2.81. The van der Waals surface area contributed by atoms with Crippen molar-refractivity contribution >= 4 is 23.7 Å². The van der Waals surface area contributed by atoms with Gasteiger partial charge >= 0.3 is 0 Å². The number of hydrogen-bond acceptors (Lipinski definition) is 9. The van der Waals surface area contributed by atoms with Crippen molar-refractivity contribution in [3.8, 4) is 5.95 Å². The van der Waals surface area contributed by atoms with E-state index in [9.17, 15) is 9.59 Å². The van der Waals surface area contributed by atoms with Gasteiger partial charge in [0.25, 0.3) is 5.95 Å². The van der Waals surface area contributed by atoms with Gasteiger partial charge < -0.3 is 11.1 Å². The van der Waals surface area contributed by atoms with E-state index in [4.69, 9.17) is 5.73 Å². The van der Waals surface area contributed by atoms with Gasteiger partial charge in [-0.2, -0.15) is 24.7 Å². The summed E-state index contributed by atoms with van der Waals surface area (Å²) in [4.78, 5) is 38.5. The first-order valence-electron chi connectivity index (χ1n) is 6.08. The maximum Gasteiger partial charge on any atom is 0.258 e. The number of imide groups is 1. The molecule has 108 valence electrons. The fraction of sp³-hybridized carbons (Fsp3) is 0.300. The summed E-state index contributed by atoms with van der Waals surface area (Å²) < 4.78 is 1.31. The van der Waals surface area contributed by atoms with E-state index >= 15 is 0 Å². The van der Waals surface area contributed by atoms with Crippen LogP contribution in [0.1, 0.15) is 12.8 Å². The molecule has 2 aromatic heterocycles. The van der Waals surface area contributed by atoms with Crippen molar-refractivity contribution < 1.29 is 9.59 Å². The third kappa shape index (κ3) is 2.75. The molecule has 1 fully saturated rings. The minimum absolute atomic E-state index is 0.0229. The third-order valence-electron chi connectivity index (χ3n) is 2.81. The molecule has 11 nitrogen and oxygen atoms in total. The number of nitrogen functional groups attached to an aromatic ring is 1. The van der Waals surface area contributed by atoms with Gasteiger partial charge in [0.15, 0.2) is 0 Å². The molecule has 0 saturated carbocycles. The highest BCUT2D eigenvalue weighted by atomic mass is 16.2. The van der Waals surface area contributed by atoms with Gasteiger partial charge in [-0.1, -0.05) is 0 Å². The first kappa shape index (κ1) is 12.9. The van der Waals surface area contributed by atoms with E-state index in [1.165, 1.54) is 17.3 Å². The number of carbonyl (C=O) groups excluding carboxylic acids is 2. The molecule has 0 aromatic carbocycles. The summed E-state index contributed by atoms with van der Waals surface area (Å²) in [6.07, 6.45) is 3.34. The number of anilines is 2. The van der Waals surface area contributed by atoms with E-state index in [0.717, 1.165) is 0 Å². The second kappa shape index (κ2) is 5.11. The molecule has 0 bridgehead atoms. The lowest BCUT2D eigenvalue weighted by Crippen LogP contribution is -2.47. The van der Waals surface area contributed by atoms with E-state index in [-0.39, 0.29) is 30.2 Å². The summed E-state index contributed by atoms with van der Waals surface area (Å²) >= 11 is 0.